The van der Waals surface area contributed by atoms with Crippen molar-refractivity contribution >= 4 is 5.97 Å². The van der Waals surface area contributed by atoms with Gasteiger partial charge in [-0.1, -0.05) is 25.1 Å². The quantitative estimate of drug-likeness (QED) is 0.361. The number of aromatic hydroxyl groups is 1. The first-order valence-corrected chi connectivity index (χ1v) is 13.5. The topological polar surface area (TPSA) is 74.2 Å². The zero-order valence-corrected chi connectivity index (χ0v) is 22.9. The largest absolute Gasteiger partial charge is 0.508 e. The molecule has 2 heterocycles. The van der Waals surface area contributed by atoms with Gasteiger partial charge in [0.1, 0.15) is 28.8 Å². The van der Waals surface area contributed by atoms with Crippen LogP contribution in [-0.2, 0) is 27.1 Å². The minimum Gasteiger partial charge on any atom is -0.508 e. The van der Waals surface area contributed by atoms with Gasteiger partial charge in [0.2, 0.25) is 0 Å². The highest BCUT2D eigenvalue weighted by Gasteiger charge is 2.21. The molecule has 0 amide bonds. The molecule has 6 rings (SSSR count). The number of fused-ring (bicyclic) bond motifs is 2. The first-order chi connectivity index (χ1) is 18.9. The van der Waals surface area contributed by atoms with E-state index >= 15 is 0 Å². The van der Waals surface area contributed by atoms with E-state index in [1.807, 2.05) is 18.2 Å². The summed E-state index contributed by atoms with van der Waals surface area (Å²) in [6.07, 6.45) is 4.91. The van der Waals surface area contributed by atoms with Gasteiger partial charge >= 0.3 is 5.97 Å². The van der Waals surface area contributed by atoms with Gasteiger partial charge in [-0.25, -0.2) is 4.39 Å². The number of rotatable bonds is 3. The van der Waals surface area contributed by atoms with Gasteiger partial charge in [0.05, 0.1) is 13.7 Å². The molecule has 0 radical (unpaired) electrons. The van der Waals surface area contributed by atoms with Gasteiger partial charge in [0, 0.05) is 43.2 Å². The third-order valence-corrected chi connectivity index (χ3v) is 7.29. The molecule has 3 aliphatic rings. The van der Waals surface area contributed by atoms with E-state index < -0.39 is 0 Å². The van der Waals surface area contributed by atoms with Crippen LogP contribution in [0.2, 0.25) is 0 Å². The molecule has 39 heavy (non-hydrogen) atoms. The van der Waals surface area contributed by atoms with Gasteiger partial charge in [0.25, 0.3) is 0 Å². The van der Waals surface area contributed by atoms with Crippen LogP contribution in [0.4, 0.5) is 4.39 Å². The first kappa shape index (κ1) is 28.4. The SMILES string of the molecule is CC1COc2cc(O)ccc21.COC(C)=O.Fc1ccc(Oc2ccc(C3CCOCC3)cc2)c2c1CCC2. The first-order valence-electron chi connectivity index (χ1n) is 13.5. The minimum absolute atomic E-state index is 0.0975. The van der Waals surface area contributed by atoms with Gasteiger partial charge in [0.15, 0.2) is 0 Å². The second-order valence-electron chi connectivity index (χ2n) is 10.0. The summed E-state index contributed by atoms with van der Waals surface area (Å²) in [7, 11) is 1.35. The number of ether oxygens (including phenoxy) is 4. The van der Waals surface area contributed by atoms with Crippen molar-refractivity contribution in [3.63, 3.8) is 0 Å². The summed E-state index contributed by atoms with van der Waals surface area (Å²) in [5, 5.41) is 9.10. The van der Waals surface area contributed by atoms with Crippen LogP contribution in [0.1, 0.15) is 67.2 Å². The van der Waals surface area contributed by atoms with Gasteiger partial charge in [-0.05, 0) is 79.5 Å². The molecule has 3 aromatic carbocycles. The number of carbonyl (C=O) groups excluding carboxylic acids is 1. The Hall–Kier alpha value is -3.58. The number of phenols is 1. The third kappa shape index (κ3) is 7.51. The Morgan fingerprint density at radius 1 is 1.00 bits per heavy atom. The van der Waals surface area contributed by atoms with Crippen molar-refractivity contribution in [1.29, 1.82) is 0 Å². The Balaban J connectivity index is 0.000000182. The highest BCUT2D eigenvalue weighted by atomic mass is 19.1. The lowest BCUT2D eigenvalue weighted by Gasteiger charge is -2.22. The fourth-order valence-corrected chi connectivity index (χ4v) is 5.05. The number of methoxy groups -OCH3 is 1. The van der Waals surface area contributed by atoms with E-state index in [-0.39, 0.29) is 17.5 Å². The molecular weight excluding hydrogens is 499 g/mol. The van der Waals surface area contributed by atoms with Crippen molar-refractivity contribution in [1.82, 2.24) is 0 Å². The maximum Gasteiger partial charge on any atom is 0.302 e. The fourth-order valence-electron chi connectivity index (χ4n) is 5.05. The highest BCUT2D eigenvalue weighted by Crippen LogP contribution is 2.37. The van der Waals surface area contributed by atoms with Crippen LogP contribution >= 0.6 is 0 Å². The van der Waals surface area contributed by atoms with E-state index in [0.29, 0.717) is 11.8 Å². The summed E-state index contributed by atoms with van der Waals surface area (Å²) in [6, 6.07) is 16.9. The molecule has 1 unspecified atom stereocenters. The summed E-state index contributed by atoms with van der Waals surface area (Å²) in [5.74, 6) is 3.44. The van der Waals surface area contributed by atoms with E-state index in [2.05, 4.69) is 23.8 Å². The highest BCUT2D eigenvalue weighted by molar-refractivity contribution is 5.65. The number of phenolic OH excluding ortho intramolecular Hbond substituents is 1. The molecule has 208 valence electrons. The monoisotopic (exact) mass is 536 g/mol. The molecule has 2 aliphatic heterocycles. The average molecular weight is 537 g/mol. The number of carbonyl (C=O) groups is 1. The van der Waals surface area contributed by atoms with Gasteiger partial charge in [-0.3, -0.25) is 4.79 Å². The molecule has 1 fully saturated rings. The van der Waals surface area contributed by atoms with Crippen molar-refractivity contribution < 1.29 is 33.2 Å². The van der Waals surface area contributed by atoms with E-state index in [4.69, 9.17) is 19.3 Å². The minimum atomic E-state index is -0.245. The normalized spacial score (nSPS) is 17.4. The van der Waals surface area contributed by atoms with Crippen molar-refractivity contribution in [2.24, 2.45) is 0 Å². The molecule has 1 atom stereocenters. The van der Waals surface area contributed by atoms with Crippen LogP contribution < -0.4 is 9.47 Å². The standard InChI is InChI=1S/C20H21FO2.C9H10O2.C3H6O2/c21-19-8-9-20(18-3-1-2-17(18)19)23-16-6-4-14(5-7-16)15-10-12-22-13-11-15;1-6-5-11-9-4-7(10)2-3-8(6)9;1-3(4)5-2/h4-9,15H,1-3,10-13H2;2-4,6,10H,5H2,1H3;1-2H3. The second kappa shape index (κ2) is 13.5. The van der Waals surface area contributed by atoms with E-state index in [0.717, 1.165) is 80.3 Å². The second-order valence-corrected chi connectivity index (χ2v) is 10.0. The van der Waals surface area contributed by atoms with Gasteiger partial charge < -0.3 is 24.1 Å². The van der Waals surface area contributed by atoms with Crippen LogP contribution in [0.15, 0.2) is 54.6 Å². The van der Waals surface area contributed by atoms with Crippen molar-refractivity contribution in [3.05, 3.63) is 82.7 Å². The predicted molar refractivity (Wildman–Crippen MR) is 147 cm³/mol. The summed E-state index contributed by atoms with van der Waals surface area (Å²) in [4.78, 5) is 9.59. The Labute approximate surface area is 229 Å². The van der Waals surface area contributed by atoms with E-state index in [1.54, 1.807) is 18.2 Å². The van der Waals surface area contributed by atoms with Crippen molar-refractivity contribution in [3.8, 4) is 23.0 Å². The molecular formula is C32H37FO6. The molecule has 1 saturated heterocycles. The predicted octanol–water partition coefficient (Wildman–Crippen LogP) is 7.07. The third-order valence-electron chi connectivity index (χ3n) is 7.29. The lowest BCUT2D eigenvalue weighted by molar-refractivity contribution is -0.137. The summed E-state index contributed by atoms with van der Waals surface area (Å²) in [5.41, 5.74) is 4.42. The Bertz CT molecular complexity index is 1250. The molecule has 7 heteroatoms. The van der Waals surface area contributed by atoms with Crippen LogP contribution in [0.5, 0.6) is 23.0 Å². The average Bonchev–Trinajstić information content (AvgIpc) is 3.60. The summed E-state index contributed by atoms with van der Waals surface area (Å²) in [6.45, 7) is 5.91. The lowest BCUT2D eigenvalue weighted by Crippen LogP contribution is -2.13. The van der Waals surface area contributed by atoms with Gasteiger partial charge in [-0.15, -0.1) is 0 Å². The molecule has 0 bridgehead atoms. The number of esters is 1. The number of hydrogen-bond donors (Lipinski definition) is 1. The molecule has 0 aromatic heterocycles. The van der Waals surface area contributed by atoms with Crippen LogP contribution in [0.25, 0.3) is 0 Å². The van der Waals surface area contributed by atoms with Crippen LogP contribution in [-0.4, -0.2) is 38.0 Å². The number of benzene rings is 3. The molecule has 0 saturated carbocycles. The smallest absolute Gasteiger partial charge is 0.302 e. The maximum absolute atomic E-state index is 13.8. The molecule has 1 N–H and O–H groups in total. The lowest BCUT2D eigenvalue weighted by atomic mass is 9.92. The Kier molecular flexibility index (Phi) is 9.82. The van der Waals surface area contributed by atoms with Crippen LogP contribution in [0, 0.1) is 5.82 Å². The fraction of sp³-hybridized carbons (Fsp3) is 0.406. The Morgan fingerprint density at radius 3 is 2.38 bits per heavy atom. The number of hydrogen-bond acceptors (Lipinski definition) is 6. The van der Waals surface area contributed by atoms with Crippen molar-refractivity contribution in [2.45, 2.75) is 57.8 Å². The van der Waals surface area contributed by atoms with Crippen molar-refractivity contribution in [2.75, 3.05) is 26.9 Å². The van der Waals surface area contributed by atoms with E-state index in [1.165, 1.54) is 31.2 Å². The number of halogens is 1. The zero-order chi connectivity index (χ0) is 27.8. The summed E-state index contributed by atoms with van der Waals surface area (Å²) >= 11 is 0. The zero-order valence-electron chi connectivity index (χ0n) is 22.9. The molecule has 6 nitrogen and oxygen atoms in total. The summed E-state index contributed by atoms with van der Waals surface area (Å²) < 4.78 is 34.7. The molecule has 0 spiro atoms. The van der Waals surface area contributed by atoms with Gasteiger partial charge in [-0.2, -0.15) is 0 Å². The van der Waals surface area contributed by atoms with E-state index in [9.17, 15) is 9.18 Å². The maximum atomic E-state index is 13.8. The molecule has 1 aliphatic carbocycles. The molecule has 3 aromatic rings. The Morgan fingerprint density at radius 2 is 1.69 bits per heavy atom. The van der Waals surface area contributed by atoms with Crippen LogP contribution in [0.3, 0.4) is 0 Å².